The number of carbonyl (C=O) groups excluding carboxylic acids is 2. The summed E-state index contributed by atoms with van der Waals surface area (Å²) in [6.07, 6.45) is -1.38. The van der Waals surface area contributed by atoms with Crippen molar-refractivity contribution >= 4 is 18.0 Å². The molecule has 2 amide bonds. The number of ether oxygens (including phenoxy) is 2. The average molecular weight is 425 g/mol. The lowest BCUT2D eigenvalue weighted by Gasteiger charge is -2.47. The number of rotatable bonds is 2. The number of hydrogen-bond donors (Lipinski definition) is 2. The number of halogens is 2. The van der Waals surface area contributed by atoms with Gasteiger partial charge in [0.1, 0.15) is 22.8 Å². The SMILES string of the molecule is CN1C(=O)[C@@H]2C[C@H](CO)OC[C@]2(c2ccc(F)cc2F)N=C1NC(=O)OC(C)(C)C. The first-order valence-corrected chi connectivity index (χ1v) is 9.52. The van der Waals surface area contributed by atoms with E-state index >= 15 is 0 Å². The largest absolute Gasteiger partial charge is 0.444 e. The molecule has 3 rings (SSSR count). The Hall–Kier alpha value is -2.59. The van der Waals surface area contributed by atoms with E-state index in [1.165, 1.54) is 13.1 Å². The van der Waals surface area contributed by atoms with E-state index in [1.807, 2.05) is 0 Å². The predicted octanol–water partition coefficient (Wildman–Crippen LogP) is 1.91. The molecule has 8 nitrogen and oxygen atoms in total. The molecule has 1 fully saturated rings. The molecule has 0 radical (unpaired) electrons. The summed E-state index contributed by atoms with van der Waals surface area (Å²) < 4.78 is 39.1. The van der Waals surface area contributed by atoms with Crippen LogP contribution in [0.3, 0.4) is 0 Å². The van der Waals surface area contributed by atoms with E-state index in [-0.39, 0.29) is 31.2 Å². The van der Waals surface area contributed by atoms with Crippen LogP contribution in [-0.4, -0.2) is 59.9 Å². The van der Waals surface area contributed by atoms with Gasteiger partial charge >= 0.3 is 6.09 Å². The van der Waals surface area contributed by atoms with E-state index in [2.05, 4.69) is 10.3 Å². The molecule has 2 aliphatic heterocycles. The molecule has 30 heavy (non-hydrogen) atoms. The first-order valence-electron chi connectivity index (χ1n) is 9.52. The lowest BCUT2D eigenvalue weighted by Crippen LogP contribution is -2.61. The zero-order valence-corrected chi connectivity index (χ0v) is 17.2. The van der Waals surface area contributed by atoms with Crippen LogP contribution in [0.2, 0.25) is 0 Å². The van der Waals surface area contributed by atoms with Crippen LogP contribution in [-0.2, 0) is 19.8 Å². The monoisotopic (exact) mass is 425 g/mol. The highest BCUT2D eigenvalue weighted by atomic mass is 19.1. The van der Waals surface area contributed by atoms with Crippen LogP contribution in [0.4, 0.5) is 13.6 Å². The van der Waals surface area contributed by atoms with Crippen molar-refractivity contribution < 1.29 is 33.0 Å². The number of amides is 2. The van der Waals surface area contributed by atoms with Gasteiger partial charge in [-0.15, -0.1) is 0 Å². The molecular weight excluding hydrogens is 400 g/mol. The van der Waals surface area contributed by atoms with Crippen molar-refractivity contribution in [3.8, 4) is 0 Å². The number of benzene rings is 1. The lowest BCUT2D eigenvalue weighted by atomic mass is 9.72. The second kappa shape index (κ2) is 7.92. The zero-order chi connectivity index (χ0) is 22.3. The highest BCUT2D eigenvalue weighted by molar-refractivity contribution is 6.05. The van der Waals surface area contributed by atoms with Gasteiger partial charge < -0.3 is 14.6 Å². The molecule has 3 atom stereocenters. The van der Waals surface area contributed by atoms with Crippen LogP contribution in [0.25, 0.3) is 0 Å². The Kier molecular flexibility index (Phi) is 5.83. The zero-order valence-electron chi connectivity index (χ0n) is 17.2. The molecule has 2 heterocycles. The van der Waals surface area contributed by atoms with E-state index < -0.39 is 46.8 Å². The van der Waals surface area contributed by atoms with Gasteiger partial charge in [0.2, 0.25) is 11.9 Å². The maximum Gasteiger partial charge on any atom is 0.414 e. The molecule has 1 aromatic rings. The fraction of sp³-hybridized carbons (Fsp3) is 0.550. The minimum Gasteiger partial charge on any atom is -0.444 e. The van der Waals surface area contributed by atoms with Gasteiger partial charge in [-0.1, -0.05) is 6.07 Å². The minimum absolute atomic E-state index is 0.0322. The van der Waals surface area contributed by atoms with Gasteiger partial charge in [-0.2, -0.15) is 0 Å². The number of nitrogens with zero attached hydrogens (tertiary/aromatic N) is 2. The summed E-state index contributed by atoms with van der Waals surface area (Å²) in [6, 6.07) is 2.99. The molecular formula is C20H25F2N3O5. The Morgan fingerprint density at radius 1 is 1.43 bits per heavy atom. The highest BCUT2D eigenvalue weighted by Crippen LogP contribution is 2.45. The van der Waals surface area contributed by atoms with Crippen LogP contribution in [0.15, 0.2) is 23.2 Å². The summed E-state index contributed by atoms with van der Waals surface area (Å²) in [6.45, 7) is 4.49. The van der Waals surface area contributed by atoms with Crippen molar-refractivity contribution in [3.05, 3.63) is 35.4 Å². The van der Waals surface area contributed by atoms with Gasteiger partial charge in [0.05, 0.1) is 25.2 Å². The van der Waals surface area contributed by atoms with Gasteiger partial charge in [0.25, 0.3) is 0 Å². The number of guanidine groups is 1. The first kappa shape index (κ1) is 22.1. The Bertz CT molecular complexity index is 886. The first-order chi connectivity index (χ1) is 14.0. The standard InChI is InChI=1S/C20H25F2N3O5/c1-19(2,3)30-18(28)23-17-24-20(13-6-5-11(21)7-15(13)22)10-29-12(9-26)8-14(20)16(27)25(17)4/h5-7,12,14,26H,8-10H2,1-4H3,(H,23,24,28)/t12-,14+,20-/m1/s1. The second-order valence-electron chi connectivity index (χ2n) is 8.41. The molecule has 164 valence electrons. The lowest BCUT2D eigenvalue weighted by molar-refractivity contribution is -0.147. The molecule has 0 bridgehead atoms. The number of nitrogens with one attached hydrogen (secondary N) is 1. The van der Waals surface area contributed by atoms with Crippen LogP contribution < -0.4 is 5.32 Å². The number of aliphatic hydroxyl groups is 1. The van der Waals surface area contributed by atoms with Gasteiger partial charge in [-0.25, -0.2) is 18.6 Å². The van der Waals surface area contributed by atoms with Crippen molar-refractivity contribution in [2.24, 2.45) is 10.9 Å². The van der Waals surface area contributed by atoms with E-state index in [1.54, 1.807) is 20.8 Å². The fourth-order valence-electron chi connectivity index (χ4n) is 3.69. The van der Waals surface area contributed by atoms with Crippen molar-refractivity contribution in [3.63, 3.8) is 0 Å². The van der Waals surface area contributed by atoms with Gasteiger partial charge in [0.15, 0.2) is 0 Å². The Morgan fingerprint density at radius 3 is 2.73 bits per heavy atom. The van der Waals surface area contributed by atoms with Crippen molar-refractivity contribution in [2.45, 2.75) is 44.4 Å². The third kappa shape index (κ3) is 4.15. The van der Waals surface area contributed by atoms with Gasteiger partial charge in [-0.05, 0) is 33.3 Å². The molecule has 2 N–H and O–H groups in total. The smallest absolute Gasteiger partial charge is 0.414 e. The van der Waals surface area contributed by atoms with Gasteiger partial charge in [-0.3, -0.25) is 15.0 Å². The van der Waals surface area contributed by atoms with E-state index in [0.29, 0.717) is 6.07 Å². The summed E-state index contributed by atoms with van der Waals surface area (Å²) in [5.74, 6) is -3.12. The molecule has 0 aromatic heterocycles. The Balaban J connectivity index is 2.08. The molecule has 0 aliphatic carbocycles. The third-order valence-electron chi connectivity index (χ3n) is 5.08. The molecule has 1 aromatic carbocycles. The normalized spacial score (nSPS) is 26.7. The third-order valence-corrected chi connectivity index (χ3v) is 5.08. The number of aliphatic imine (C=N–C) groups is 1. The van der Waals surface area contributed by atoms with Crippen molar-refractivity contribution in [2.75, 3.05) is 20.3 Å². The Labute approximate surface area is 172 Å². The molecule has 10 heteroatoms. The fourth-order valence-corrected chi connectivity index (χ4v) is 3.69. The minimum atomic E-state index is -1.53. The van der Waals surface area contributed by atoms with Crippen LogP contribution in [0.5, 0.6) is 0 Å². The van der Waals surface area contributed by atoms with E-state index in [4.69, 9.17) is 9.47 Å². The molecule has 0 spiro atoms. The van der Waals surface area contributed by atoms with Crippen LogP contribution >= 0.6 is 0 Å². The van der Waals surface area contributed by atoms with Crippen molar-refractivity contribution in [1.82, 2.24) is 10.2 Å². The van der Waals surface area contributed by atoms with Gasteiger partial charge in [0, 0.05) is 18.7 Å². The number of carbonyl (C=O) groups is 2. The van der Waals surface area contributed by atoms with E-state index in [0.717, 1.165) is 11.0 Å². The predicted molar refractivity (Wildman–Crippen MR) is 103 cm³/mol. The highest BCUT2D eigenvalue weighted by Gasteiger charge is 2.55. The average Bonchev–Trinajstić information content (AvgIpc) is 2.64. The van der Waals surface area contributed by atoms with Crippen molar-refractivity contribution in [1.29, 1.82) is 0 Å². The summed E-state index contributed by atoms with van der Waals surface area (Å²) in [7, 11) is 1.42. The summed E-state index contributed by atoms with van der Waals surface area (Å²) in [4.78, 5) is 31.1. The quantitative estimate of drug-likeness (QED) is 0.754. The van der Waals surface area contributed by atoms with E-state index in [9.17, 15) is 23.5 Å². The maximum atomic E-state index is 14.8. The Morgan fingerprint density at radius 2 is 2.13 bits per heavy atom. The summed E-state index contributed by atoms with van der Waals surface area (Å²) >= 11 is 0. The molecule has 2 aliphatic rings. The molecule has 1 saturated heterocycles. The van der Waals surface area contributed by atoms with Crippen LogP contribution in [0.1, 0.15) is 32.8 Å². The summed E-state index contributed by atoms with van der Waals surface area (Å²) in [5, 5.41) is 11.9. The summed E-state index contributed by atoms with van der Waals surface area (Å²) in [5.41, 5.74) is -2.35. The second-order valence-corrected chi connectivity index (χ2v) is 8.41. The molecule has 0 saturated carbocycles. The maximum absolute atomic E-state index is 14.8. The number of hydrogen-bond acceptors (Lipinski definition) is 6. The number of alkyl carbamates (subject to hydrolysis) is 1. The number of fused-ring (bicyclic) bond motifs is 1. The topological polar surface area (TPSA) is 100 Å². The number of aliphatic hydroxyl groups excluding tert-OH is 1. The van der Waals surface area contributed by atoms with Crippen LogP contribution in [0, 0.1) is 17.6 Å². The molecule has 0 unspecified atom stereocenters.